The molecule has 0 heterocycles. The first-order chi connectivity index (χ1) is 7.79. The van der Waals surface area contributed by atoms with Gasteiger partial charge >= 0.3 is 17.9 Å². The predicted octanol–water partition coefficient (Wildman–Crippen LogP) is 0.540. The monoisotopic (exact) mass is 245 g/mol. The highest BCUT2D eigenvalue weighted by molar-refractivity contribution is 5.99. The molecule has 0 aliphatic rings. The molecule has 17 heavy (non-hydrogen) atoms. The summed E-state index contributed by atoms with van der Waals surface area (Å²) in [5.74, 6) is -4.35. The Balaban J connectivity index is 4.37. The summed E-state index contributed by atoms with van der Waals surface area (Å²) in [5, 5.41) is 8.70. The molecule has 0 aliphatic carbocycles. The first kappa shape index (κ1) is 15.6. The van der Waals surface area contributed by atoms with Crippen LogP contribution in [0, 0.1) is 11.8 Å². The van der Waals surface area contributed by atoms with Crippen LogP contribution in [0.25, 0.3) is 0 Å². The summed E-state index contributed by atoms with van der Waals surface area (Å²) in [4.78, 5) is 33.4. The molecule has 0 aliphatic heterocycles. The highest BCUT2D eigenvalue weighted by Gasteiger charge is 2.29. The average Bonchev–Trinajstić information content (AvgIpc) is 2.16. The van der Waals surface area contributed by atoms with Gasteiger partial charge in [0.1, 0.15) is 6.04 Å². The van der Waals surface area contributed by atoms with Crippen molar-refractivity contribution >= 4 is 17.9 Å². The molecule has 2 atom stereocenters. The Labute approximate surface area is 100 Å². The second-order valence-corrected chi connectivity index (χ2v) is 4.28. The molecule has 0 saturated carbocycles. The first-order valence-corrected chi connectivity index (χ1v) is 5.53. The Morgan fingerprint density at radius 3 is 2.12 bits per heavy atom. The van der Waals surface area contributed by atoms with Crippen LogP contribution in [0.4, 0.5) is 0 Å². The Morgan fingerprint density at radius 1 is 1.24 bits per heavy atom. The zero-order valence-electron chi connectivity index (χ0n) is 10.3. The van der Waals surface area contributed by atoms with Gasteiger partial charge in [0, 0.05) is 0 Å². The molecule has 0 saturated heterocycles. The highest BCUT2D eigenvalue weighted by Crippen LogP contribution is 2.08. The van der Waals surface area contributed by atoms with Crippen molar-refractivity contribution in [3.8, 4) is 0 Å². The second kappa shape index (κ2) is 7.01. The number of carboxylic acid groups (broad SMARTS) is 1. The molecule has 0 rings (SSSR count). The number of rotatable bonds is 6. The Kier molecular flexibility index (Phi) is 6.42. The fourth-order valence-electron chi connectivity index (χ4n) is 1.29. The molecule has 3 N–H and O–H groups in total. The molecule has 1 unspecified atom stereocenters. The van der Waals surface area contributed by atoms with Crippen LogP contribution in [0.15, 0.2) is 0 Å². The van der Waals surface area contributed by atoms with Crippen LogP contribution in [0.2, 0.25) is 0 Å². The second-order valence-electron chi connectivity index (χ2n) is 4.28. The van der Waals surface area contributed by atoms with E-state index < -0.39 is 29.9 Å². The van der Waals surface area contributed by atoms with Crippen molar-refractivity contribution in [2.75, 3.05) is 0 Å². The summed E-state index contributed by atoms with van der Waals surface area (Å²) in [6.45, 7) is 5.28. The third kappa shape index (κ3) is 5.44. The van der Waals surface area contributed by atoms with Gasteiger partial charge in [0.2, 0.25) is 0 Å². The number of aliphatic carboxylic acids is 1. The number of ether oxygens (including phenoxy) is 1. The molecule has 0 fully saturated rings. The van der Waals surface area contributed by atoms with Gasteiger partial charge in [-0.25, -0.2) is 4.79 Å². The van der Waals surface area contributed by atoms with Gasteiger partial charge in [-0.3, -0.25) is 9.59 Å². The number of hydrogen-bond acceptors (Lipinski definition) is 5. The quantitative estimate of drug-likeness (QED) is 0.522. The molecule has 0 spiro atoms. The lowest BCUT2D eigenvalue weighted by Crippen LogP contribution is -2.37. The van der Waals surface area contributed by atoms with Crippen LogP contribution < -0.4 is 5.73 Å². The number of nitrogens with two attached hydrogens (primary N) is 1. The van der Waals surface area contributed by atoms with E-state index in [-0.39, 0.29) is 12.3 Å². The van der Waals surface area contributed by atoms with E-state index in [0.29, 0.717) is 6.42 Å². The molecular weight excluding hydrogens is 226 g/mol. The number of hydrogen-bond donors (Lipinski definition) is 2. The fourth-order valence-corrected chi connectivity index (χ4v) is 1.29. The summed E-state index contributed by atoms with van der Waals surface area (Å²) >= 11 is 0. The van der Waals surface area contributed by atoms with Crippen molar-refractivity contribution < 1.29 is 24.2 Å². The largest absolute Gasteiger partial charge is 0.481 e. The lowest BCUT2D eigenvalue weighted by Gasteiger charge is -2.14. The van der Waals surface area contributed by atoms with Gasteiger partial charge in [-0.1, -0.05) is 20.8 Å². The third-order valence-corrected chi connectivity index (χ3v) is 2.22. The fraction of sp³-hybridized carbons (Fsp3) is 0.727. The first-order valence-electron chi connectivity index (χ1n) is 5.53. The van der Waals surface area contributed by atoms with Crippen LogP contribution in [0.1, 0.15) is 33.6 Å². The smallest absolute Gasteiger partial charge is 0.330 e. The molecular formula is C11H19NO5. The minimum atomic E-state index is -1.31. The molecule has 98 valence electrons. The van der Waals surface area contributed by atoms with Crippen molar-refractivity contribution in [2.45, 2.75) is 39.7 Å². The Bertz CT molecular complexity index is 300. The lowest BCUT2D eigenvalue weighted by molar-refractivity contribution is -0.167. The lowest BCUT2D eigenvalue weighted by atomic mass is 10.0. The molecule has 0 aromatic rings. The Morgan fingerprint density at radius 2 is 1.76 bits per heavy atom. The van der Waals surface area contributed by atoms with Gasteiger partial charge in [0.15, 0.2) is 5.92 Å². The topological polar surface area (TPSA) is 107 Å². The van der Waals surface area contributed by atoms with Crippen LogP contribution in [-0.4, -0.2) is 29.1 Å². The maximum atomic E-state index is 11.4. The van der Waals surface area contributed by atoms with Crippen molar-refractivity contribution in [3.63, 3.8) is 0 Å². The molecule has 0 aromatic carbocycles. The number of carboxylic acids is 1. The number of carbonyl (C=O) groups is 3. The van der Waals surface area contributed by atoms with E-state index in [1.807, 2.05) is 13.8 Å². The molecule has 6 nitrogen and oxygen atoms in total. The maximum Gasteiger partial charge on any atom is 0.330 e. The van der Waals surface area contributed by atoms with Crippen LogP contribution in [0.3, 0.4) is 0 Å². The zero-order chi connectivity index (χ0) is 13.6. The van der Waals surface area contributed by atoms with Gasteiger partial charge in [0.05, 0.1) is 0 Å². The minimum absolute atomic E-state index is 0.0703. The van der Waals surface area contributed by atoms with Crippen LogP contribution in [0.5, 0.6) is 0 Å². The van der Waals surface area contributed by atoms with Gasteiger partial charge in [-0.05, 0) is 18.8 Å². The summed E-state index contributed by atoms with van der Waals surface area (Å²) in [5.41, 5.74) is 5.51. The highest BCUT2D eigenvalue weighted by atomic mass is 16.6. The predicted molar refractivity (Wildman–Crippen MR) is 59.9 cm³/mol. The number of carbonyl (C=O) groups excluding carboxylic acids is 2. The van der Waals surface area contributed by atoms with Crippen molar-refractivity contribution in [1.82, 2.24) is 0 Å². The van der Waals surface area contributed by atoms with Crippen molar-refractivity contribution in [1.29, 1.82) is 0 Å². The zero-order valence-corrected chi connectivity index (χ0v) is 10.3. The van der Waals surface area contributed by atoms with E-state index in [2.05, 4.69) is 4.74 Å². The van der Waals surface area contributed by atoms with Crippen molar-refractivity contribution in [2.24, 2.45) is 17.6 Å². The molecule has 0 aromatic heterocycles. The summed E-state index contributed by atoms with van der Waals surface area (Å²) in [6, 6.07) is -0.898. The molecule has 0 radical (unpaired) electrons. The third-order valence-electron chi connectivity index (χ3n) is 2.22. The van der Waals surface area contributed by atoms with E-state index in [9.17, 15) is 14.4 Å². The SMILES string of the molecule is CCC(C(=O)O)C(=O)OC(=O)[C@@H](N)CC(C)C. The van der Waals surface area contributed by atoms with Crippen LogP contribution in [-0.2, 0) is 19.1 Å². The van der Waals surface area contributed by atoms with Gasteiger partial charge in [-0.15, -0.1) is 0 Å². The van der Waals surface area contributed by atoms with E-state index in [1.54, 1.807) is 0 Å². The van der Waals surface area contributed by atoms with E-state index in [4.69, 9.17) is 10.8 Å². The maximum absolute atomic E-state index is 11.4. The standard InChI is InChI=1S/C11H19NO5/c1-4-7(9(13)14)10(15)17-11(16)8(12)5-6(2)3/h6-8H,4-5,12H2,1-3H3,(H,13,14)/t7?,8-/m0/s1. The van der Waals surface area contributed by atoms with E-state index in [0.717, 1.165) is 0 Å². The summed E-state index contributed by atoms with van der Waals surface area (Å²) in [7, 11) is 0. The number of esters is 2. The molecule has 6 heteroatoms. The van der Waals surface area contributed by atoms with E-state index in [1.165, 1.54) is 6.92 Å². The van der Waals surface area contributed by atoms with E-state index >= 15 is 0 Å². The van der Waals surface area contributed by atoms with Gasteiger partial charge < -0.3 is 15.6 Å². The normalized spacial score (nSPS) is 14.2. The Hall–Kier alpha value is -1.43. The molecule has 0 amide bonds. The average molecular weight is 245 g/mol. The molecule has 0 bridgehead atoms. The van der Waals surface area contributed by atoms with Gasteiger partial charge in [0.25, 0.3) is 0 Å². The summed E-state index contributed by atoms with van der Waals surface area (Å²) < 4.78 is 4.44. The summed E-state index contributed by atoms with van der Waals surface area (Å²) in [6.07, 6.45) is 0.455. The van der Waals surface area contributed by atoms with Gasteiger partial charge in [-0.2, -0.15) is 0 Å². The van der Waals surface area contributed by atoms with Crippen LogP contribution >= 0.6 is 0 Å². The van der Waals surface area contributed by atoms with Crippen molar-refractivity contribution in [3.05, 3.63) is 0 Å². The minimum Gasteiger partial charge on any atom is -0.481 e.